The summed E-state index contributed by atoms with van der Waals surface area (Å²) in [4.78, 5) is 10.4. The van der Waals surface area contributed by atoms with Gasteiger partial charge in [-0.25, -0.2) is 0 Å². The minimum absolute atomic E-state index is 0.104. The van der Waals surface area contributed by atoms with Gasteiger partial charge in [0.25, 0.3) is 0 Å². The number of ether oxygens (including phenoxy) is 1. The predicted molar refractivity (Wildman–Crippen MR) is 83.6 cm³/mol. The highest BCUT2D eigenvalue weighted by atomic mass is 16.6. The summed E-state index contributed by atoms with van der Waals surface area (Å²) in [5, 5.41) is 14.6. The molecule has 1 aromatic heterocycles. The SMILES string of the molecule is Cc1noc(/C=C/c2ccc(OCC(C)C)cc2)c1[N+](=O)[O-]. The van der Waals surface area contributed by atoms with Crippen molar-refractivity contribution in [1.29, 1.82) is 0 Å². The van der Waals surface area contributed by atoms with Crippen LogP contribution in [0.3, 0.4) is 0 Å². The molecule has 0 N–H and O–H groups in total. The van der Waals surface area contributed by atoms with Crippen molar-refractivity contribution in [3.63, 3.8) is 0 Å². The molecule has 6 nitrogen and oxygen atoms in total. The van der Waals surface area contributed by atoms with E-state index in [4.69, 9.17) is 9.26 Å². The number of benzene rings is 1. The third kappa shape index (κ3) is 3.94. The van der Waals surface area contributed by atoms with E-state index in [1.165, 1.54) is 0 Å². The van der Waals surface area contributed by atoms with Gasteiger partial charge in [0.05, 0.1) is 11.5 Å². The first-order valence-corrected chi connectivity index (χ1v) is 6.99. The topological polar surface area (TPSA) is 78.4 Å². The molecule has 1 heterocycles. The van der Waals surface area contributed by atoms with Crippen LogP contribution in [0.15, 0.2) is 28.8 Å². The molecular formula is C16H18N2O4. The second-order valence-corrected chi connectivity index (χ2v) is 5.35. The zero-order valence-corrected chi connectivity index (χ0v) is 12.8. The van der Waals surface area contributed by atoms with Crippen LogP contribution in [0.5, 0.6) is 5.75 Å². The molecule has 0 aliphatic carbocycles. The van der Waals surface area contributed by atoms with Gasteiger partial charge in [0.1, 0.15) is 5.75 Å². The fraction of sp³-hybridized carbons (Fsp3) is 0.312. The molecule has 0 aliphatic heterocycles. The molecule has 0 unspecified atom stereocenters. The number of rotatable bonds is 6. The molecule has 2 aromatic rings. The van der Waals surface area contributed by atoms with Crippen LogP contribution in [0.1, 0.15) is 30.9 Å². The first-order valence-electron chi connectivity index (χ1n) is 6.99. The molecular weight excluding hydrogens is 284 g/mol. The average molecular weight is 302 g/mol. The third-order valence-electron chi connectivity index (χ3n) is 2.93. The maximum absolute atomic E-state index is 10.9. The Bertz CT molecular complexity index is 672. The fourth-order valence-electron chi connectivity index (χ4n) is 1.82. The number of aryl methyl sites for hydroxylation is 1. The minimum Gasteiger partial charge on any atom is -0.493 e. The van der Waals surface area contributed by atoms with Crippen LogP contribution in [0, 0.1) is 23.0 Å². The van der Waals surface area contributed by atoms with Gasteiger partial charge in [0.2, 0.25) is 5.76 Å². The van der Waals surface area contributed by atoms with E-state index in [-0.39, 0.29) is 17.1 Å². The van der Waals surface area contributed by atoms with E-state index < -0.39 is 4.92 Å². The highest BCUT2D eigenvalue weighted by Gasteiger charge is 2.21. The molecule has 0 atom stereocenters. The minimum atomic E-state index is -0.492. The first kappa shape index (κ1) is 15.8. The summed E-state index contributed by atoms with van der Waals surface area (Å²) in [6.07, 6.45) is 3.28. The molecule has 0 saturated heterocycles. The number of aromatic nitrogens is 1. The van der Waals surface area contributed by atoms with Gasteiger partial charge in [0, 0.05) is 0 Å². The summed E-state index contributed by atoms with van der Waals surface area (Å²) in [5.74, 6) is 1.41. The Morgan fingerprint density at radius 3 is 2.59 bits per heavy atom. The van der Waals surface area contributed by atoms with Crippen LogP contribution < -0.4 is 4.74 Å². The van der Waals surface area contributed by atoms with Gasteiger partial charge < -0.3 is 9.26 Å². The molecule has 116 valence electrons. The number of nitrogens with zero attached hydrogens (tertiary/aromatic N) is 2. The monoisotopic (exact) mass is 302 g/mol. The quantitative estimate of drug-likeness (QED) is 0.593. The summed E-state index contributed by atoms with van der Waals surface area (Å²) in [6.45, 7) is 6.38. The van der Waals surface area contributed by atoms with E-state index in [0.717, 1.165) is 11.3 Å². The lowest BCUT2D eigenvalue weighted by atomic mass is 10.2. The van der Waals surface area contributed by atoms with Gasteiger partial charge in [-0.15, -0.1) is 0 Å². The largest absolute Gasteiger partial charge is 0.493 e. The van der Waals surface area contributed by atoms with Gasteiger partial charge in [-0.1, -0.05) is 37.2 Å². The Labute approximate surface area is 128 Å². The number of hydrogen-bond acceptors (Lipinski definition) is 5. The van der Waals surface area contributed by atoms with Crippen LogP contribution in [0.4, 0.5) is 5.69 Å². The van der Waals surface area contributed by atoms with Crippen molar-refractivity contribution in [3.8, 4) is 5.75 Å². The molecule has 0 bridgehead atoms. The Morgan fingerprint density at radius 2 is 2.00 bits per heavy atom. The van der Waals surface area contributed by atoms with Gasteiger partial charge in [-0.2, -0.15) is 0 Å². The van der Waals surface area contributed by atoms with Crippen molar-refractivity contribution in [3.05, 3.63) is 51.4 Å². The molecule has 0 amide bonds. The van der Waals surface area contributed by atoms with Crippen molar-refractivity contribution in [2.24, 2.45) is 5.92 Å². The molecule has 0 saturated carbocycles. The van der Waals surface area contributed by atoms with E-state index in [1.54, 1.807) is 19.1 Å². The summed E-state index contributed by atoms with van der Waals surface area (Å²) in [7, 11) is 0. The lowest BCUT2D eigenvalue weighted by Gasteiger charge is -2.08. The van der Waals surface area contributed by atoms with Crippen molar-refractivity contribution in [2.75, 3.05) is 6.61 Å². The van der Waals surface area contributed by atoms with Crippen molar-refractivity contribution in [1.82, 2.24) is 5.16 Å². The molecule has 1 aromatic carbocycles. The van der Waals surface area contributed by atoms with Crippen molar-refractivity contribution < 1.29 is 14.2 Å². The first-order chi connectivity index (χ1) is 10.5. The fourth-order valence-corrected chi connectivity index (χ4v) is 1.82. The maximum atomic E-state index is 10.9. The molecule has 6 heteroatoms. The lowest BCUT2D eigenvalue weighted by Crippen LogP contribution is -2.04. The summed E-state index contributed by atoms with van der Waals surface area (Å²) < 4.78 is 10.6. The zero-order chi connectivity index (χ0) is 16.1. The second kappa shape index (κ2) is 6.89. The summed E-state index contributed by atoms with van der Waals surface area (Å²) in [5.41, 5.74) is 1.05. The van der Waals surface area contributed by atoms with Gasteiger partial charge >= 0.3 is 5.69 Å². The van der Waals surface area contributed by atoms with Crippen LogP contribution in [0.25, 0.3) is 12.2 Å². The van der Waals surface area contributed by atoms with Crippen LogP contribution in [-0.4, -0.2) is 16.7 Å². The third-order valence-corrected chi connectivity index (χ3v) is 2.93. The lowest BCUT2D eigenvalue weighted by molar-refractivity contribution is -0.386. The maximum Gasteiger partial charge on any atom is 0.338 e. The van der Waals surface area contributed by atoms with Crippen LogP contribution in [-0.2, 0) is 0 Å². The zero-order valence-electron chi connectivity index (χ0n) is 12.8. The smallest absolute Gasteiger partial charge is 0.338 e. The molecule has 0 radical (unpaired) electrons. The summed E-state index contributed by atoms with van der Waals surface area (Å²) in [6, 6.07) is 7.48. The van der Waals surface area contributed by atoms with E-state index in [0.29, 0.717) is 12.5 Å². The Morgan fingerprint density at radius 1 is 1.32 bits per heavy atom. The van der Waals surface area contributed by atoms with E-state index in [9.17, 15) is 10.1 Å². The summed E-state index contributed by atoms with van der Waals surface area (Å²) >= 11 is 0. The highest BCUT2D eigenvalue weighted by molar-refractivity contribution is 5.71. The average Bonchev–Trinajstić information content (AvgIpc) is 2.85. The molecule has 0 fully saturated rings. The van der Waals surface area contributed by atoms with Crippen LogP contribution in [0.2, 0.25) is 0 Å². The van der Waals surface area contributed by atoms with Gasteiger partial charge in [0.15, 0.2) is 5.69 Å². The van der Waals surface area contributed by atoms with E-state index in [1.807, 2.05) is 24.3 Å². The molecule has 2 rings (SSSR count). The second-order valence-electron chi connectivity index (χ2n) is 5.35. The van der Waals surface area contributed by atoms with E-state index in [2.05, 4.69) is 19.0 Å². The highest BCUT2D eigenvalue weighted by Crippen LogP contribution is 2.24. The van der Waals surface area contributed by atoms with Crippen molar-refractivity contribution >= 4 is 17.8 Å². The molecule has 22 heavy (non-hydrogen) atoms. The Kier molecular flexibility index (Phi) is 4.93. The molecule has 0 spiro atoms. The van der Waals surface area contributed by atoms with Crippen molar-refractivity contribution in [2.45, 2.75) is 20.8 Å². The van der Waals surface area contributed by atoms with Gasteiger partial charge in [-0.3, -0.25) is 10.1 Å². The number of hydrogen-bond donors (Lipinski definition) is 0. The Hall–Kier alpha value is -2.63. The Balaban J connectivity index is 2.09. The standard InChI is InChI=1S/C16H18N2O4/c1-11(2)10-21-14-7-4-13(5-8-14)6-9-15-16(18(19)20)12(3)17-22-15/h4-9,11H,10H2,1-3H3/b9-6+. The molecule has 0 aliphatic rings. The normalized spacial score (nSPS) is 11.3. The van der Waals surface area contributed by atoms with E-state index >= 15 is 0 Å². The number of nitro groups is 1. The predicted octanol–water partition coefficient (Wildman–Crippen LogP) is 4.10. The van der Waals surface area contributed by atoms with Crippen LogP contribution >= 0.6 is 0 Å². The van der Waals surface area contributed by atoms with Gasteiger partial charge in [-0.05, 0) is 36.6 Å².